The average molecular weight is 476 g/mol. The van der Waals surface area contributed by atoms with Crippen molar-refractivity contribution in [2.75, 3.05) is 46.8 Å². The summed E-state index contributed by atoms with van der Waals surface area (Å²) >= 11 is 4.10. The van der Waals surface area contributed by atoms with Crippen molar-refractivity contribution >= 4 is 52.9 Å². The predicted molar refractivity (Wildman–Crippen MR) is 118 cm³/mol. The van der Waals surface area contributed by atoms with Gasteiger partial charge in [0.1, 0.15) is 15.3 Å². The van der Waals surface area contributed by atoms with Crippen LogP contribution in [-0.4, -0.2) is 100 Å². The van der Waals surface area contributed by atoms with Crippen LogP contribution < -0.4 is 11.1 Å². The molecule has 0 unspecified atom stereocenters. The SMILES string of the molecule is C/N=C(\NC)N(C)C.CO[C@@]1(N)C(=O)N2C(C(=O)O)=C(CSc3cnns3)CS[C@@H]21. The Labute approximate surface area is 187 Å². The van der Waals surface area contributed by atoms with E-state index >= 15 is 0 Å². The van der Waals surface area contributed by atoms with Crippen molar-refractivity contribution in [1.82, 2.24) is 24.7 Å². The minimum absolute atomic E-state index is 0.0110. The Kier molecular flexibility index (Phi) is 8.49. The molecular weight excluding hydrogens is 450 g/mol. The number of β-lactam (4-membered cyclic amide) rings is 1. The number of nitrogens with one attached hydrogen (secondary N) is 1. The van der Waals surface area contributed by atoms with Crippen molar-refractivity contribution in [2.45, 2.75) is 15.3 Å². The van der Waals surface area contributed by atoms with Gasteiger partial charge in [0.2, 0.25) is 5.72 Å². The third-order valence-electron chi connectivity index (χ3n) is 4.27. The Bertz CT molecular complexity index is 831. The monoisotopic (exact) mass is 475 g/mol. The van der Waals surface area contributed by atoms with Gasteiger partial charge < -0.3 is 20.1 Å². The van der Waals surface area contributed by atoms with Crippen LogP contribution in [0.25, 0.3) is 0 Å². The van der Waals surface area contributed by atoms with Gasteiger partial charge in [-0.1, -0.05) is 4.49 Å². The molecule has 1 aromatic heterocycles. The number of fused-ring (bicyclic) bond motifs is 1. The van der Waals surface area contributed by atoms with E-state index in [0.717, 1.165) is 10.2 Å². The minimum Gasteiger partial charge on any atom is -0.477 e. The number of aromatic nitrogens is 2. The molecule has 2 atom stereocenters. The third kappa shape index (κ3) is 4.88. The Morgan fingerprint density at radius 1 is 1.60 bits per heavy atom. The molecule has 30 heavy (non-hydrogen) atoms. The van der Waals surface area contributed by atoms with E-state index in [1.807, 2.05) is 26.0 Å². The van der Waals surface area contributed by atoms with Crippen LogP contribution in [0.3, 0.4) is 0 Å². The average Bonchev–Trinajstić information content (AvgIpc) is 3.25. The fourth-order valence-electron chi connectivity index (χ4n) is 2.83. The standard InChI is InChI=1S/C11H12N4O4S3.C5H13N3/c1-19-11(12)9(18)15-7(8(16)17)5(4-21-10(11)15)3-20-6-2-13-14-22-6;1-6-5(7-2)8(3)4/h2,10H,3-4,12H2,1H3,(H,16,17);1-4H3,(H,6,7)/t10-,11+;/m1./s1. The number of guanidine groups is 1. The molecular formula is C16H25N7O4S3. The minimum atomic E-state index is -1.44. The summed E-state index contributed by atoms with van der Waals surface area (Å²) in [4.78, 5) is 30.8. The number of hydrogen-bond donors (Lipinski definition) is 3. The van der Waals surface area contributed by atoms with Crippen LogP contribution in [0.4, 0.5) is 0 Å². The molecule has 0 saturated carbocycles. The first-order valence-electron chi connectivity index (χ1n) is 8.67. The summed E-state index contributed by atoms with van der Waals surface area (Å²) in [5.74, 6) is 0.184. The van der Waals surface area contributed by atoms with Crippen LogP contribution in [0.5, 0.6) is 0 Å². The number of aliphatic carboxylic acids is 1. The number of carboxylic acid groups (broad SMARTS) is 1. The van der Waals surface area contributed by atoms with E-state index in [9.17, 15) is 14.7 Å². The van der Waals surface area contributed by atoms with E-state index in [1.165, 1.54) is 47.1 Å². The van der Waals surface area contributed by atoms with Gasteiger partial charge in [-0.15, -0.1) is 28.6 Å². The number of aliphatic imine (C=N–C) groups is 1. The van der Waals surface area contributed by atoms with Gasteiger partial charge in [0.05, 0.1) is 6.20 Å². The van der Waals surface area contributed by atoms with Gasteiger partial charge in [0.15, 0.2) is 5.96 Å². The molecule has 3 heterocycles. The lowest BCUT2D eigenvalue weighted by molar-refractivity contribution is -0.182. The fourth-order valence-corrected chi connectivity index (χ4v) is 5.78. The van der Waals surface area contributed by atoms with Crippen LogP contribution >= 0.6 is 35.1 Å². The van der Waals surface area contributed by atoms with Crippen LogP contribution in [-0.2, 0) is 14.3 Å². The molecule has 166 valence electrons. The van der Waals surface area contributed by atoms with Crippen molar-refractivity contribution in [1.29, 1.82) is 0 Å². The number of hydrogen-bond acceptors (Lipinski definition) is 10. The van der Waals surface area contributed by atoms with E-state index in [0.29, 0.717) is 17.1 Å². The highest BCUT2D eigenvalue weighted by Gasteiger charge is 2.63. The Morgan fingerprint density at radius 3 is 2.73 bits per heavy atom. The fraction of sp³-hybridized carbons (Fsp3) is 0.562. The number of carboxylic acids is 1. The Balaban J connectivity index is 0.000000343. The molecule has 14 heteroatoms. The number of thioether (sulfide) groups is 2. The first kappa shape index (κ1) is 24.4. The topological polar surface area (TPSA) is 146 Å². The van der Waals surface area contributed by atoms with Gasteiger partial charge in [-0.05, 0) is 17.1 Å². The van der Waals surface area contributed by atoms with Crippen molar-refractivity contribution in [3.63, 3.8) is 0 Å². The van der Waals surface area contributed by atoms with Crippen molar-refractivity contribution < 1.29 is 19.4 Å². The van der Waals surface area contributed by atoms with E-state index in [4.69, 9.17) is 10.5 Å². The van der Waals surface area contributed by atoms with Gasteiger partial charge >= 0.3 is 5.97 Å². The summed E-state index contributed by atoms with van der Waals surface area (Å²) < 4.78 is 9.72. The van der Waals surface area contributed by atoms with Crippen LogP contribution in [0, 0.1) is 0 Å². The van der Waals surface area contributed by atoms with Gasteiger partial charge in [-0.25, -0.2) is 4.79 Å². The van der Waals surface area contributed by atoms with Crippen LogP contribution in [0.15, 0.2) is 26.7 Å². The molecule has 0 radical (unpaired) electrons. The summed E-state index contributed by atoms with van der Waals surface area (Å²) in [6, 6.07) is 0. The molecule has 1 aromatic rings. The summed E-state index contributed by atoms with van der Waals surface area (Å²) in [7, 11) is 8.84. The number of carbonyl (C=O) groups is 2. The highest BCUT2D eigenvalue weighted by atomic mass is 32.2. The van der Waals surface area contributed by atoms with Crippen LogP contribution in [0.1, 0.15) is 0 Å². The molecule has 3 rings (SSSR count). The van der Waals surface area contributed by atoms with Gasteiger partial charge in [0.25, 0.3) is 5.91 Å². The van der Waals surface area contributed by atoms with E-state index in [2.05, 4.69) is 19.9 Å². The van der Waals surface area contributed by atoms with E-state index < -0.39 is 23.0 Å². The van der Waals surface area contributed by atoms with E-state index in [-0.39, 0.29) is 5.70 Å². The molecule has 1 saturated heterocycles. The first-order chi connectivity index (χ1) is 14.2. The molecule has 11 nitrogen and oxygen atoms in total. The molecule has 4 N–H and O–H groups in total. The molecule has 0 spiro atoms. The quantitative estimate of drug-likeness (QED) is 0.173. The highest BCUT2D eigenvalue weighted by Crippen LogP contribution is 2.46. The van der Waals surface area contributed by atoms with Crippen LogP contribution in [0.2, 0.25) is 0 Å². The summed E-state index contributed by atoms with van der Waals surface area (Å²) in [6.45, 7) is 0. The second-order valence-electron chi connectivity index (χ2n) is 6.31. The largest absolute Gasteiger partial charge is 0.477 e. The Hall–Kier alpha value is -1.87. The lowest BCUT2D eigenvalue weighted by Crippen LogP contribution is -2.78. The number of nitrogens with zero attached hydrogens (tertiary/aromatic N) is 5. The third-order valence-corrected chi connectivity index (χ3v) is 7.59. The maximum absolute atomic E-state index is 12.2. The Morgan fingerprint density at radius 2 is 2.30 bits per heavy atom. The smallest absolute Gasteiger partial charge is 0.352 e. The predicted octanol–water partition coefficient (Wildman–Crippen LogP) is -0.0614. The van der Waals surface area contributed by atoms with Crippen molar-refractivity contribution in [2.24, 2.45) is 10.7 Å². The number of nitrogens with two attached hydrogens (primary N) is 1. The summed E-state index contributed by atoms with van der Waals surface area (Å²) in [5, 5.41) is 15.6. The van der Waals surface area contributed by atoms with Gasteiger partial charge in [0, 0.05) is 46.8 Å². The van der Waals surface area contributed by atoms with E-state index in [1.54, 1.807) is 13.2 Å². The molecule has 0 aliphatic carbocycles. The molecule has 0 aromatic carbocycles. The maximum Gasteiger partial charge on any atom is 0.352 e. The normalized spacial score (nSPS) is 23.3. The van der Waals surface area contributed by atoms with Crippen molar-refractivity contribution in [3.8, 4) is 0 Å². The zero-order chi connectivity index (χ0) is 22.5. The lowest BCUT2D eigenvalue weighted by atomic mass is 10.00. The van der Waals surface area contributed by atoms with Gasteiger partial charge in [-0.2, -0.15) is 0 Å². The van der Waals surface area contributed by atoms with Crippen molar-refractivity contribution in [3.05, 3.63) is 17.5 Å². The zero-order valence-corrected chi connectivity index (χ0v) is 19.7. The zero-order valence-electron chi connectivity index (χ0n) is 17.3. The summed E-state index contributed by atoms with van der Waals surface area (Å²) in [6.07, 6.45) is 1.62. The second-order valence-corrected chi connectivity index (χ2v) is 9.44. The van der Waals surface area contributed by atoms with Gasteiger partial charge in [-0.3, -0.25) is 20.4 Å². The number of carbonyl (C=O) groups excluding carboxylic acids is 1. The first-order valence-corrected chi connectivity index (χ1v) is 11.5. The number of amides is 1. The molecule has 2 aliphatic rings. The molecule has 2 aliphatic heterocycles. The molecule has 0 bridgehead atoms. The highest BCUT2D eigenvalue weighted by molar-refractivity contribution is 8.01. The number of ether oxygens (including phenoxy) is 1. The number of methoxy groups -OCH3 is 1. The lowest BCUT2D eigenvalue weighted by Gasteiger charge is -2.54. The second kappa shape index (κ2) is 10.4. The molecule has 1 fully saturated rings. The molecule has 1 amide bonds. The summed E-state index contributed by atoms with van der Waals surface area (Å²) in [5.41, 5.74) is 5.14. The number of rotatable bonds is 5. The maximum atomic E-state index is 12.2.